The van der Waals surface area contributed by atoms with Crippen LogP contribution in [0.15, 0.2) is 30.5 Å². The van der Waals surface area contributed by atoms with Crippen LogP contribution in [0.4, 0.5) is 5.82 Å². The molecule has 1 aromatic heterocycles. The number of nitrogens with one attached hydrogen (secondary N) is 2. The fraction of sp³-hybridized carbons (Fsp3) is 0.643. The lowest BCUT2D eigenvalue weighted by molar-refractivity contribution is 0.0714. The molecule has 0 aliphatic heterocycles. The normalized spacial score (nSPS) is 30.3. The third kappa shape index (κ3) is 4.51. The maximum absolute atomic E-state index is 13.1. The van der Waals surface area contributed by atoms with E-state index >= 15 is 0 Å². The van der Waals surface area contributed by atoms with E-state index < -0.39 is 0 Å². The van der Waals surface area contributed by atoms with Crippen LogP contribution in [0, 0.1) is 17.3 Å². The van der Waals surface area contributed by atoms with Gasteiger partial charge in [0.15, 0.2) is 0 Å². The van der Waals surface area contributed by atoms with Gasteiger partial charge in [0.2, 0.25) is 0 Å². The van der Waals surface area contributed by atoms with Crippen molar-refractivity contribution in [1.82, 2.24) is 10.3 Å². The van der Waals surface area contributed by atoms with Crippen molar-refractivity contribution >= 4 is 22.5 Å². The minimum absolute atomic E-state index is 0.0393. The molecule has 4 heteroatoms. The number of anilines is 1. The molecule has 2 bridgehead atoms. The van der Waals surface area contributed by atoms with Crippen molar-refractivity contribution in [2.45, 2.75) is 96.6 Å². The van der Waals surface area contributed by atoms with E-state index in [9.17, 15) is 4.79 Å². The largest absolute Gasteiger partial charge is 0.367 e. The van der Waals surface area contributed by atoms with E-state index in [1.807, 2.05) is 24.4 Å². The molecule has 0 unspecified atom stereocenters. The van der Waals surface area contributed by atoms with Crippen molar-refractivity contribution < 1.29 is 4.79 Å². The van der Waals surface area contributed by atoms with Gasteiger partial charge in [-0.3, -0.25) is 4.79 Å². The van der Waals surface area contributed by atoms with Gasteiger partial charge < -0.3 is 10.6 Å². The Morgan fingerprint density at radius 1 is 0.938 bits per heavy atom. The van der Waals surface area contributed by atoms with Gasteiger partial charge in [0, 0.05) is 28.7 Å². The van der Waals surface area contributed by atoms with E-state index in [1.165, 1.54) is 44.9 Å². The second-order valence-electron chi connectivity index (χ2n) is 11.9. The summed E-state index contributed by atoms with van der Waals surface area (Å²) in [7, 11) is 0. The molecule has 1 heterocycles. The number of amides is 1. The van der Waals surface area contributed by atoms with E-state index in [1.54, 1.807) is 0 Å². The van der Waals surface area contributed by atoms with Crippen LogP contribution in [0.2, 0.25) is 0 Å². The second kappa shape index (κ2) is 8.35. The Bertz CT molecular complexity index is 962. The van der Waals surface area contributed by atoms with Gasteiger partial charge in [-0.25, -0.2) is 4.98 Å². The molecule has 4 aliphatic rings. The van der Waals surface area contributed by atoms with Gasteiger partial charge in [-0.05, 0) is 105 Å². The van der Waals surface area contributed by atoms with Crippen LogP contribution >= 0.6 is 0 Å². The van der Waals surface area contributed by atoms with E-state index in [4.69, 9.17) is 0 Å². The molecular formula is C28H39N3O. The highest BCUT2D eigenvalue weighted by Crippen LogP contribution is 2.44. The number of carbonyl (C=O) groups is 1. The Morgan fingerprint density at radius 2 is 1.62 bits per heavy atom. The second-order valence-corrected chi connectivity index (χ2v) is 11.9. The summed E-state index contributed by atoms with van der Waals surface area (Å²) in [6, 6.07) is 8.63. The average Bonchev–Trinajstić information content (AvgIpc) is 2.79. The monoisotopic (exact) mass is 433 g/mol. The first kappa shape index (κ1) is 21.7. The van der Waals surface area contributed by atoms with Crippen molar-refractivity contribution in [2.75, 3.05) is 5.32 Å². The fourth-order valence-corrected chi connectivity index (χ4v) is 6.42. The van der Waals surface area contributed by atoms with Crippen LogP contribution in [0.25, 0.3) is 10.8 Å². The first-order valence-electron chi connectivity index (χ1n) is 12.8. The van der Waals surface area contributed by atoms with Gasteiger partial charge in [-0.1, -0.05) is 26.8 Å². The molecule has 172 valence electrons. The van der Waals surface area contributed by atoms with Crippen LogP contribution < -0.4 is 10.6 Å². The van der Waals surface area contributed by atoms with E-state index in [0.29, 0.717) is 11.5 Å². The van der Waals surface area contributed by atoms with Crippen molar-refractivity contribution in [1.29, 1.82) is 0 Å². The summed E-state index contributed by atoms with van der Waals surface area (Å²) in [5.74, 6) is 2.72. The Hall–Kier alpha value is -2.10. The number of pyridine rings is 1. The fourth-order valence-electron chi connectivity index (χ4n) is 6.42. The predicted octanol–water partition coefficient (Wildman–Crippen LogP) is 6.70. The van der Waals surface area contributed by atoms with E-state index in [0.717, 1.165) is 53.3 Å². The molecule has 1 aromatic carbocycles. The lowest BCUT2D eigenvalue weighted by Gasteiger charge is -2.47. The summed E-state index contributed by atoms with van der Waals surface area (Å²) < 4.78 is 0. The average molecular weight is 434 g/mol. The van der Waals surface area contributed by atoms with E-state index in [-0.39, 0.29) is 11.4 Å². The van der Waals surface area contributed by atoms with Crippen LogP contribution in [-0.4, -0.2) is 22.5 Å². The van der Waals surface area contributed by atoms with Crippen LogP contribution in [0.5, 0.6) is 0 Å². The van der Waals surface area contributed by atoms with Gasteiger partial charge in [0.25, 0.3) is 5.91 Å². The molecule has 0 atom stereocenters. The molecule has 0 saturated heterocycles. The maximum Gasteiger partial charge on any atom is 0.251 e. The molecule has 2 aromatic rings. The lowest BCUT2D eigenvalue weighted by atomic mass is 9.66. The minimum atomic E-state index is 0.0393. The zero-order valence-corrected chi connectivity index (χ0v) is 20.0. The molecular weight excluding hydrogens is 394 g/mol. The molecule has 4 fully saturated rings. The minimum Gasteiger partial charge on any atom is -0.367 e. The van der Waals surface area contributed by atoms with Gasteiger partial charge >= 0.3 is 0 Å². The Kier molecular flexibility index (Phi) is 5.67. The van der Waals surface area contributed by atoms with Crippen molar-refractivity contribution in [3.8, 4) is 0 Å². The van der Waals surface area contributed by atoms with E-state index in [2.05, 4.69) is 42.5 Å². The molecule has 32 heavy (non-hydrogen) atoms. The van der Waals surface area contributed by atoms with Crippen molar-refractivity contribution in [2.24, 2.45) is 17.3 Å². The first-order chi connectivity index (χ1) is 15.3. The number of fused-ring (bicyclic) bond motifs is 4. The summed E-state index contributed by atoms with van der Waals surface area (Å²) >= 11 is 0. The smallest absolute Gasteiger partial charge is 0.251 e. The number of carbonyl (C=O) groups excluding carboxylic acids is 1. The number of aromatic nitrogens is 1. The number of nitrogens with zero attached hydrogens (tertiary/aromatic N) is 1. The van der Waals surface area contributed by atoms with Crippen molar-refractivity contribution in [3.05, 3.63) is 36.0 Å². The highest BCUT2D eigenvalue weighted by Gasteiger charge is 2.41. The molecule has 4 nitrogen and oxygen atoms in total. The first-order valence-corrected chi connectivity index (χ1v) is 12.8. The highest BCUT2D eigenvalue weighted by atomic mass is 16.1. The molecule has 6 rings (SSSR count). The molecule has 4 saturated carbocycles. The quantitative estimate of drug-likeness (QED) is 0.564. The third-order valence-corrected chi connectivity index (χ3v) is 8.76. The number of rotatable bonds is 4. The topological polar surface area (TPSA) is 54.0 Å². The molecule has 1 amide bonds. The summed E-state index contributed by atoms with van der Waals surface area (Å²) in [5.41, 5.74) is 1.21. The summed E-state index contributed by atoms with van der Waals surface area (Å²) in [5, 5.41) is 9.27. The van der Waals surface area contributed by atoms with Gasteiger partial charge in [-0.15, -0.1) is 0 Å². The zero-order chi connectivity index (χ0) is 22.3. The van der Waals surface area contributed by atoms with Gasteiger partial charge in [0.05, 0.1) is 0 Å². The van der Waals surface area contributed by atoms with Crippen molar-refractivity contribution in [3.63, 3.8) is 0 Å². The maximum atomic E-state index is 13.1. The SMILES string of the molecule is CC(C)(C)[C@H]1CC[C@H](Nc2cc3cc(C(=O)NC45CCC(CC4)CC5)ccc3cn2)CC1. The van der Waals surface area contributed by atoms with Gasteiger partial charge in [0.1, 0.15) is 5.82 Å². The number of hydrogen-bond donors (Lipinski definition) is 2. The van der Waals surface area contributed by atoms with Crippen LogP contribution in [-0.2, 0) is 0 Å². The Balaban J connectivity index is 1.26. The van der Waals surface area contributed by atoms with Crippen LogP contribution in [0.1, 0.15) is 95.3 Å². The Morgan fingerprint density at radius 3 is 2.28 bits per heavy atom. The zero-order valence-electron chi connectivity index (χ0n) is 20.0. The predicted molar refractivity (Wildman–Crippen MR) is 132 cm³/mol. The summed E-state index contributed by atoms with van der Waals surface area (Å²) in [4.78, 5) is 17.8. The molecule has 2 N–H and O–H groups in total. The summed E-state index contributed by atoms with van der Waals surface area (Å²) in [6.07, 6.45) is 14.2. The lowest BCUT2D eigenvalue weighted by Crippen LogP contribution is -2.53. The highest BCUT2D eigenvalue weighted by molar-refractivity contribution is 5.99. The standard InChI is InChI=1S/C28H39N3O/c1-27(2,3)23-6-8-24(9-7-23)30-25-17-22-16-20(4-5-21(22)18-29-25)26(32)31-28-13-10-19(11-14-28)12-15-28/h4-5,16-19,23-24H,6-15H2,1-3H3,(H,29,30)(H,31,32)/t19?,23-,24-,28?. The third-order valence-electron chi connectivity index (χ3n) is 8.76. The number of hydrogen-bond acceptors (Lipinski definition) is 3. The molecule has 4 aliphatic carbocycles. The Labute approximate surface area is 193 Å². The van der Waals surface area contributed by atoms with Gasteiger partial charge in [-0.2, -0.15) is 0 Å². The molecule has 0 spiro atoms. The summed E-state index contributed by atoms with van der Waals surface area (Å²) in [6.45, 7) is 7.09. The number of benzene rings is 1. The van der Waals surface area contributed by atoms with Crippen LogP contribution in [0.3, 0.4) is 0 Å². The molecule has 0 radical (unpaired) electrons.